The summed E-state index contributed by atoms with van der Waals surface area (Å²) in [4.78, 5) is 0. The van der Waals surface area contributed by atoms with E-state index >= 15 is 0 Å². The number of rotatable bonds is 4. The van der Waals surface area contributed by atoms with Gasteiger partial charge in [0.2, 0.25) is 0 Å². The molecule has 0 aliphatic carbocycles. The second-order valence-corrected chi connectivity index (χ2v) is 3.50. The molecule has 0 bridgehead atoms. The summed E-state index contributed by atoms with van der Waals surface area (Å²) in [5.41, 5.74) is 3.94. The van der Waals surface area contributed by atoms with Crippen LogP contribution in [-0.4, -0.2) is 0 Å². The highest BCUT2D eigenvalue weighted by molar-refractivity contribution is 6.30. The number of hydrazine groups is 1. The lowest BCUT2D eigenvalue weighted by atomic mass is 10.0. The first-order valence-corrected chi connectivity index (χ1v) is 4.87. The fourth-order valence-electron chi connectivity index (χ4n) is 1.36. The second kappa shape index (κ2) is 5.22. The topological polar surface area (TPSA) is 38.0 Å². The van der Waals surface area contributed by atoms with Crippen molar-refractivity contribution < 1.29 is 0 Å². The van der Waals surface area contributed by atoms with Crippen molar-refractivity contribution in [1.82, 2.24) is 5.43 Å². The maximum Gasteiger partial charge on any atom is 0.0460 e. The Kier molecular flexibility index (Phi) is 4.22. The molecule has 72 valence electrons. The molecule has 3 heteroatoms. The van der Waals surface area contributed by atoms with Gasteiger partial charge in [-0.3, -0.25) is 11.3 Å². The van der Waals surface area contributed by atoms with E-state index in [9.17, 15) is 0 Å². The molecular weight excluding hydrogens is 184 g/mol. The third kappa shape index (κ3) is 2.99. The molecule has 1 aromatic rings. The number of benzene rings is 1. The monoisotopic (exact) mass is 198 g/mol. The summed E-state index contributed by atoms with van der Waals surface area (Å²) in [6.07, 6.45) is 2.12. The molecule has 1 unspecified atom stereocenters. The van der Waals surface area contributed by atoms with Crippen LogP contribution in [0.3, 0.4) is 0 Å². The van der Waals surface area contributed by atoms with Crippen LogP contribution < -0.4 is 11.3 Å². The van der Waals surface area contributed by atoms with E-state index in [1.54, 1.807) is 0 Å². The smallest absolute Gasteiger partial charge is 0.0460 e. The van der Waals surface area contributed by atoms with E-state index in [1.807, 2.05) is 24.3 Å². The average molecular weight is 199 g/mol. The van der Waals surface area contributed by atoms with E-state index in [1.165, 1.54) is 0 Å². The number of nitrogens with two attached hydrogens (primary N) is 1. The van der Waals surface area contributed by atoms with Gasteiger partial charge < -0.3 is 0 Å². The Morgan fingerprint density at radius 1 is 1.54 bits per heavy atom. The highest BCUT2D eigenvalue weighted by Gasteiger charge is 2.07. The molecular formula is C10H15ClN2. The van der Waals surface area contributed by atoms with Crippen molar-refractivity contribution in [3.8, 4) is 0 Å². The lowest BCUT2D eigenvalue weighted by molar-refractivity contribution is 0.510. The van der Waals surface area contributed by atoms with Gasteiger partial charge in [0.05, 0.1) is 0 Å². The molecule has 0 saturated carbocycles. The zero-order valence-corrected chi connectivity index (χ0v) is 8.51. The largest absolute Gasteiger partial charge is 0.271 e. The van der Waals surface area contributed by atoms with Crippen LogP contribution in [0.4, 0.5) is 0 Å². The molecule has 0 fully saturated rings. The Labute approximate surface area is 84.1 Å². The van der Waals surface area contributed by atoms with Crippen LogP contribution in [0.5, 0.6) is 0 Å². The van der Waals surface area contributed by atoms with E-state index in [2.05, 4.69) is 12.3 Å². The number of halogens is 1. The molecule has 0 heterocycles. The Morgan fingerprint density at radius 2 is 2.31 bits per heavy atom. The van der Waals surface area contributed by atoms with Crippen molar-refractivity contribution in [3.63, 3.8) is 0 Å². The van der Waals surface area contributed by atoms with Gasteiger partial charge in [0.1, 0.15) is 0 Å². The van der Waals surface area contributed by atoms with Gasteiger partial charge in [-0.25, -0.2) is 0 Å². The van der Waals surface area contributed by atoms with Crippen LogP contribution in [0.15, 0.2) is 24.3 Å². The first-order chi connectivity index (χ1) is 6.27. The summed E-state index contributed by atoms with van der Waals surface area (Å²) < 4.78 is 0. The first-order valence-electron chi connectivity index (χ1n) is 4.49. The summed E-state index contributed by atoms with van der Waals surface area (Å²) in [5, 5.41) is 0.758. The Hall–Kier alpha value is -0.570. The third-order valence-corrected chi connectivity index (χ3v) is 2.26. The summed E-state index contributed by atoms with van der Waals surface area (Å²) in [5.74, 6) is 5.45. The molecule has 2 nitrogen and oxygen atoms in total. The molecule has 1 atom stereocenters. The van der Waals surface area contributed by atoms with Gasteiger partial charge in [0.15, 0.2) is 0 Å². The molecule has 0 aromatic heterocycles. The minimum absolute atomic E-state index is 0.212. The highest BCUT2D eigenvalue weighted by atomic mass is 35.5. The molecule has 1 aromatic carbocycles. The van der Waals surface area contributed by atoms with Crippen LogP contribution in [0.2, 0.25) is 5.02 Å². The third-order valence-electron chi connectivity index (χ3n) is 2.03. The fraction of sp³-hybridized carbons (Fsp3) is 0.400. The van der Waals surface area contributed by atoms with Crippen LogP contribution in [-0.2, 0) is 0 Å². The van der Waals surface area contributed by atoms with Gasteiger partial charge >= 0.3 is 0 Å². The normalized spacial score (nSPS) is 12.8. The van der Waals surface area contributed by atoms with Gasteiger partial charge in [-0.05, 0) is 24.1 Å². The number of hydrogen-bond donors (Lipinski definition) is 2. The molecule has 0 amide bonds. The second-order valence-electron chi connectivity index (χ2n) is 3.06. The van der Waals surface area contributed by atoms with Crippen molar-refractivity contribution in [2.75, 3.05) is 0 Å². The molecule has 0 aliphatic rings. The van der Waals surface area contributed by atoms with E-state index in [0.717, 1.165) is 23.4 Å². The van der Waals surface area contributed by atoms with E-state index in [4.69, 9.17) is 17.4 Å². The zero-order valence-electron chi connectivity index (χ0n) is 7.76. The molecule has 0 saturated heterocycles. The standard InChI is InChI=1S/C10H15ClN2/c1-2-4-10(13-12)8-5-3-6-9(11)7-8/h3,5-7,10,13H,2,4,12H2,1H3. The lowest BCUT2D eigenvalue weighted by Gasteiger charge is -2.15. The maximum atomic E-state index is 5.88. The van der Waals surface area contributed by atoms with E-state index < -0.39 is 0 Å². The minimum Gasteiger partial charge on any atom is -0.271 e. The summed E-state index contributed by atoms with van der Waals surface area (Å²) in [6, 6.07) is 8.00. The molecule has 1 rings (SSSR count). The van der Waals surface area contributed by atoms with Crippen molar-refractivity contribution in [1.29, 1.82) is 0 Å². The maximum absolute atomic E-state index is 5.88. The van der Waals surface area contributed by atoms with Crippen molar-refractivity contribution >= 4 is 11.6 Å². The number of nitrogens with one attached hydrogen (secondary N) is 1. The Morgan fingerprint density at radius 3 is 2.85 bits per heavy atom. The van der Waals surface area contributed by atoms with Crippen molar-refractivity contribution in [3.05, 3.63) is 34.9 Å². The Balaban J connectivity index is 2.78. The Bertz CT molecular complexity index is 263. The fourth-order valence-corrected chi connectivity index (χ4v) is 1.56. The summed E-state index contributed by atoms with van der Waals surface area (Å²) in [7, 11) is 0. The predicted octanol–water partition coefficient (Wildman–Crippen LogP) is 2.64. The summed E-state index contributed by atoms with van der Waals surface area (Å²) in [6.45, 7) is 2.13. The van der Waals surface area contributed by atoms with Gasteiger partial charge in [-0.1, -0.05) is 37.1 Å². The summed E-state index contributed by atoms with van der Waals surface area (Å²) >= 11 is 5.88. The molecule has 0 aliphatic heterocycles. The van der Waals surface area contributed by atoms with E-state index in [-0.39, 0.29) is 6.04 Å². The minimum atomic E-state index is 0.212. The van der Waals surface area contributed by atoms with Gasteiger partial charge in [-0.15, -0.1) is 0 Å². The van der Waals surface area contributed by atoms with Crippen molar-refractivity contribution in [2.24, 2.45) is 5.84 Å². The van der Waals surface area contributed by atoms with Crippen LogP contribution in [0, 0.1) is 0 Å². The molecule has 13 heavy (non-hydrogen) atoms. The van der Waals surface area contributed by atoms with E-state index in [0.29, 0.717) is 0 Å². The first kappa shape index (κ1) is 10.5. The SMILES string of the molecule is CCCC(NN)c1cccc(Cl)c1. The predicted molar refractivity (Wildman–Crippen MR) is 56.4 cm³/mol. The van der Waals surface area contributed by atoms with Crippen molar-refractivity contribution in [2.45, 2.75) is 25.8 Å². The quantitative estimate of drug-likeness (QED) is 0.577. The molecule has 3 N–H and O–H groups in total. The van der Waals surface area contributed by atoms with Gasteiger partial charge in [0, 0.05) is 11.1 Å². The van der Waals surface area contributed by atoms with Crippen LogP contribution >= 0.6 is 11.6 Å². The highest BCUT2D eigenvalue weighted by Crippen LogP contribution is 2.20. The van der Waals surface area contributed by atoms with Gasteiger partial charge in [-0.2, -0.15) is 0 Å². The molecule has 0 radical (unpaired) electrons. The average Bonchev–Trinajstić information content (AvgIpc) is 2.14. The number of hydrogen-bond acceptors (Lipinski definition) is 2. The molecule has 0 spiro atoms. The zero-order chi connectivity index (χ0) is 9.68. The lowest BCUT2D eigenvalue weighted by Crippen LogP contribution is -2.27. The van der Waals surface area contributed by atoms with Crippen LogP contribution in [0.25, 0.3) is 0 Å². The van der Waals surface area contributed by atoms with Crippen LogP contribution in [0.1, 0.15) is 31.4 Å². The van der Waals surface area contributed by atoms with Gasteiger partial charge in [0.25, 0.3) is 0 Å².